The van der Waals surface area contributed by atoms with Crippen molar-refractivity contribution in [2.24, 2.45) is 5.41 Å². The lowest BCUT2D eigenvalue weighted by Gasteiger charge is -2.52. The highest BCUT2D eigenvalue weighted by molar-refractivity contribution is 5.70. The lowest BCUT2D eigenvalue weighted by molar-refractivity contribution is -0.0134. The first-order valence-corrected chi connectivity index (χ1v) is 10.1. The van der Waals surface area contributed by atoms with Gasteiger partial charge in [-0.3, -0.25) is 4.90 Å². The first-order chi connectivity index (χ1) is 12.5. The SMILES string of the molecule is CCOC(=O)N1CCC2(CC(N3CCC(N4C(=O)OC[C@@H]4C)CC3)C2)C1. The van der Waals surface area contributed by atoms with E-state index in [0.29, 0.717) is 30.7 Å². The third kappa shape index (κ3) is 3.15. The van der Waals surface area contributed by atoms with E-state index < -0.39 is 0 Å². The highest BCUT2D eigenvalue weighted by Crippen LogP contribution is 2.50. The summed E-state index contributed by atoms with van der Waals surface area (Å²) in [4.78, 5) is 30.3. The molecular formula is C19H31N3O4. The molecule has 2 amide bonds. The number of ether oxygens (including phenoxy) is 2. The van der Waals surface area contributed by atoms with Gasteiger partial charge in [-0.15, -0.1) is 0 Å². The Balaban J connectivity index is 1.24. The van der Waals surface area contributed by atoms with E-state index in [0.717, 1.165) is 45.4 Å². The number of nitrogens with zero attached hydrogens (tertiary/aromatic N) is 3. The number of likely N-dealkylation sites (tertiary alicyclic amines) is 2. The molecule has 7 heteroatoms. The molecular weight excluding hydrogens is 334 g/mol. The fraction of sp³-hybridized carbons (Fsp3) is 0.895. The molecule has 0 N–H and O–H groups in total. The monoisotopic (exact) mass is 365 g/mol. The predicted octanol–water partition coefficient (Wildman–Crippen LogP) is 2.30. The first-order valence-electron chi connectivity index (χ1n) is 10.1. The Morgan fingerprint density at radius 1 is 1.23 bits per heavy atom. The summed E-state index contributed by atoms with van der Waals surface area (Å²) >= 11 is 0. The molecule has 3 heterocycles. The van der Waals surface area contributed by atoms with Crippen LogP contribution < -0.4 is 0 Å². The van der Waals surface area contributed by atoms with Gasteiger partial charge in [-0.2, -0.15) is 0 Å². The van der Waals surface area contributed by atoms with E-state index in [4.69, 9.17) is 9.47 Å². The van der Waals surface area contributed by atoms with Crippen LogP contribution in [0.15, 0.2) is 0 Å². The zero-order chi connectivity index (χ0) is 18.3. The molecule has 0 unspecified atom stereocenters. The Morgan fingerprint density at radius 3 is 2.58 bits per heavy atom. The number of carbonyl (C=O) groups is 2. The number of cyclic esters (lactones) is 1. The molecule has 1 aliphatic carbocycles. The minimum Gasteiger partial charge on any atom is -0.450 e. The van der Waals surface area contributed by atoms with Gasteiger partial charge >= 0.3 is 12.2 Å². The summed E-state index contributed by atoms with van der Waals surface area (Å²) in [6, 6.07) is 1.18. The van der Waals surface area contributed by atoms with Crippen molar-refractivity contribution in [3.05, 3.63) is 0 Å². The largest absolute Gasteiger partial charge is 0.450 e. The van der Waals surface area contributed by atoms with Gasteiger partial charge in [0, 0.05) is 38.3 Å². The van der Waals surface area contributed by atoms with E-state index in [9.17, 15) is 9.59 Å². The molecule has 0 bridgehead atoms. The van der Waals surface area contributed by atoms with E-state index in [2.05, 4.69) is 11.8 Å². The molecule has 1 spiro atoms. The van der Waals surface area contributed by atoms with Crippen LogP contribution in [0.2, 0.25) is 0 Å². The lowest BCUT2D eigenvalue weighted by atomic mass is 9.64. The van der Waals surface area contributed by atoms with Crippen molar-refractivity contribution in [1.82, 2.24) is 14.7 Å². The molecule has 7 nitrogen and oxygen atoms in total. The third-order valence-corrected chi connectivity index (χ3v) is 6.84. The van der Waals surface area contributed by atoms with Crippen molar-refractivity contribution in [3.8, 4) is 0 Å². The molecule has 1 saturated carbocycles. The van der Waals surface area contributed by atoms with E-state index in [1.807, 2.05) is 16.7 Å². The fourth-order valence-corrected chi connectivity index (χ4v) is 5.40. The van der Waals surface area contributed by atoms with Crippen molar-refractivity contribution >= 4 is 12.2 Å². The second-order valence-corrected chi connectivity index (χ2v) is 8.53. The van der Waals surface area contributed by atoms with Gasteiger partial charge in [-0.05, 0) is 51.4 Å². The smallest absolute Gasteiger partial charge is 0.410 e. The Labute approximate surface area is 155 Å². The summed E-state index contributed by atoms with van der Waals surface area (Å²) in [5, 5.41) is 0. The van der Waals surface area contributed by atoms with E-state index in [-0.39, 0.29) is 18.2 Å². The minimum absolute atomic E-state index is 0.136. The molecule has 4 rings (SSSR count). The molecule has 4 aliphatic rings. The van der Waals surface area contributed by atoms with Gasteiger partial charge in [0.05, 0.1) is 12.6 Å². The molecule has 0 radical (unpaired) electrons. The van der Waals surface area contributed by atoms with E-state index >= 15 is 0 Å². The number of piperidine rings is 1. The third-order valence-electron chi connectivity index (χ3n) is 6.84. The van der Waals surface area contributed by atoms with Crippen LogP contribution in [0.4, 0.5) is 9.59 Å². The standard InChI is InChI=1S/C19H31N3O4/c1-3-25-17(23)21-9-6-19(13-21)10-16(11-19)20-7-4-15(5-8-20)22-14(2)12-26-18(22)24/h14-16H,3-13H2,1-2H3/t14-,16?,19?/m0/s1. The number of hydrogen-bond donors (Lipinski definition) is 0. The molecule has 0 aromatic heterocycles. The van der Waals surface area contributed by atoms with Crippen LogP contribution in [-0.2, 0) is 9.47 Å². The highest BCUT2D eigenvalue weighted by Gasteiger charge is 2.51. The van der Waals surface area contributed by atoms with Gasteiger partial charge in [0.25, 0.3) is 0 Å². The molecule has 4 fully saturated rings. The number of carbonyl (C=O) groups excluding carboxylic acids is 2. The van der Waals surface area contributed by atoms with E-state index in [1.54, 1.807) is 0 Å². The van der Waals surface area contributed by atoms with Gasteiger partial charge in [0.15, 0.2) is 0 Å². The summed E-state index contributed by atoms with van der Waals surface area (Å²) in [6.07, 6.45) is 5.28. The van der Waals surface area contributed by atoms with Crippen molar-refractivity contribution in [2.75, 3.05) is 39.4 Å². The Kier molecular flexibility index (Phi) is 4.75. The maximum absolute atomic E-state index is 11.9. The normalized spacial score (nSPS) is 35.7. The summed E-state index contributed by atoms with van der Waals surface area (Å²) in [7, 11) is 0. The minimum atomic E-state index is -0.153. The number of rotatable bonds is 3. The van der Waals surface area contributed by atoms with Crippen LogP contribution in [0, 0.1) is 5.41 Å². The maximum atomic E-state index is 11.9. The molecule has 146 valence electrons. The fourth-order valence-electron chi connectivity index (χ4n) is 5.40. The topological polar surface area (TPSA) is 62.3 Å². The van der Waals surface area contributed by atoms with Crippen LogP contribution in [0.25, 0.3) is 0 Å². The average molecular weight is 365 g/mol. The van der Waals surface area contributed by atoms with Crippen LogP contribution >= 0.6 is 0 Å². The molecule has 0 aromatic rings. The Hall–Kier alpha value is -1.50. The van der Waals surface area contributed by atoms with E-state index in [1.165, 1.54) is 12.8 Å². The van der Waals surface area contributed by atoms with Gasteiger partial charge < -0.3 is 19.3 Å². The summed E-state index contributed by atoms with van der Waals surface area (Å²) in [5.74, 6) is 0. The molecule has 26 heavy (non-hydrogen) atoms. The van der Waals surface area contributed by atoms with Crippen molar-refractivity contribution in [2.45, 2.75) is 64.1 Å². The van der Waals surface area contributed by atoms with Gasteiger partial charge in [-0.25, -0.2) is 9.59 Å². The second kappa shape index (κ2) is 6.91. The van der Waals surface area contributed by atoms with Crippen LogP contribution in [0.5, 0.6) is 0 Å². The quantitative estimate of drug-likeness (QED) is 0.768. The molecule has 1 atom stereocenters. The molecule has 3 saturated heterocycles. The van der Waals surface area contributed by atoms with Crippen molar-refractivity contribution in [1.29, 1.82) is 0 Å². The number of amides is 2. The summed E-state index contributed by atoms with van der Waals surface area (Å²) in [6.45, 7) is 8.72. The molecule has 0 aromatic carbocycles. The summed E-state index contributed by atoms with van der Waals surface area (Å²) in [5.41, 5.74) is 0.321. The predicted molar refractivity (Wildman–Crippen MR) is 95.9 cm³/mol. The number of hydrogen-bond acceptors (Lipinski definition) is 5. The highest BCUT2D eigenvalue weighted by atomic mass is 16.6. The zero-order valence-corrected chi connectivity index (χ0v) is 16.0. The maximum Gasteiger partial charge on any atom is 0.410 e. The zero-order valence-electron chi connectivity index (χ0n) is 16.0. The Morgan fingerprint density at radius 2 is 1.96 bits per heavy atom. The van der Waals surface area contributed by atoms with Crippen LogP contribution in [-0.4, -0.2) is 84.4 Å². The summed E-state index contributed by atoms with van der Waals surface area (Å²) < 4.78 is 10.3. The lowest BCUT2D eigenvalue weighted by Crippen LogP contribution is -2.56. The van der Waals surface area contributed by atoms with Crippen LogP contribution in [0.1, 0.15) is 46.0 Å². The van der Waals surface area contributed by atoms with Crippen molar-refractivity contribution in [3.63, 3.8) is 0 Å². The second-order valence-electron chi connectivity index (χ2n) is 8.53. The average Bonchev–Trinajstić information content (AvgIpc) is 3.19. The van der Waals surface area contributed by atoms with Crippen molar-refractivity contribution < 1.29 is 19.1 Å². The Bertz CT molecular complexity index is 555. The van der Waals surface area contributed by atoms with Gasteiger partial charge in [-0.1, -0.05) is 0 Å². The van der Waals surface area contributed by atoms with Gasteiger partial charge in [0.1, 0.15) is 6.61 Å². The first kappa shape index (κ1) is 17.9. The molecule has 3 aliphatic heterocycles. The van der Waals surface area contributed by atoms with Gasteiger partial charge in [0.2, 0.25) is 0 Å². The van der Waals surface area contributed by atoms with Crippen LogP contribution in [0.3, 0.4) is 0 Å².